The highest BCUT2D eigenvalue weighted by Crippen LogP contribution is 2.10. The predicted octanol–water partition coefficient (Wildman–Crippen LogP) is -5.40. The predicted molar refractivity (Wildman–Crippen MR) is 223 cm³/mol. The van der Waals surface area contributed by atoms with Crippen LogP contribution < -0.4 is 59.3 Å². The molecule has 354 valence electrons. The van der Waals surface area contributed by atoms with Crippen LogP contribution in [0.3, 0.4) is 0 Å². The lowest BCUT2D eigenvalue weighted by atomic mass is 9.98. The van der Waals surface area contributed by atoms with Crippen LogP contribution in [0.15, 0.2) is 30.3 Å². The number of carbonyl (C=O) groups is 12. The second kappa shape index (κ2) is 27.7. The first-order chi connectivity index (χ1) is 29.9. The molecule has 0 heterocycles. The van der Waals surface area contributed by atoms with Gasteiger partial charge in [0.2, 0.25) is 59.1 Å². The molecular weight excluding hydrogens is 846 g/mol. The van der Waals surface area contributed by atoms with E-state index in [0.29, 0.717) is 12.0 Å². The summed E-state index contributed by atoms with van der Waals surface area (Å²) >= 11 is 0. The summed E-state index contributed by atoms with van der Waals surface area (Å²) in [6.07, 6.45) is -1.49. The lowest BCUT2D eigenvalue weighted by Gasteiger charge is -2.26. The van der Waals surface area contributed by atoms with Crippen LogP contribution in [0, 0.1) is 11.8 Å². The Hall–Kier alpha value is -7.18. The van der Waals surface area contributed by atoms with Crippen LogP contribution in [0.1, 0.15) is 59.4 Å². The Morgan fingerprint density at radius 3 is 1.48 bits per heavy atom. The van der Waals surface area contributed by atoms with Crippen LogP contribution in [0.4, 0.5) is 0 Å². The molecule has 1 rings (SSSR count). The smallest absolute Gasteiger partial charge is 0.326 e. The van der Waals surface area contributed by atoms with Gasteiger partial charge < -0.3 is 69.5 Å². The highest BCUT2D eigenvalue weighted by atomic mass is 16.4. The number of hydrogen-bond acceptors (Lipinski definition) is 13. The molecule has 1 aromatic rings. The molecule has 0 bridgehead atoms. The second-order valence-corrected chi connectivity index (χ2v) is 15.0. The fourth-order valence-corrected chi connectivity index (χ4v) is 5.43. The third-order valence-electron chi connectivity index (χ3n) is 9.18. The molecule has 64 heavy (non-hydrogen) atoms. The van der Waals surface area contributed by atoms with Crippen LogP contribution in [0.5, 0.6) is 0 Å². The van der Waals surface area contributed by atoms with E-state index in [0.717, 1.165) is 0 Å². The third kappa shape index (κ3) is 21.1. The topological polar surface area (TPSA) is 406 Å². The summed E-state index contributed by atoms with van der Waals surface area (Å²) in [5, 5.41) is 39.6. The maximum atomic E-state index is 13.6. The standard InChI is InChI=1S/C39H59N11O14/c1-6-20(4)33(39(63)64)50-37(61)25(14-31(56)57)48-35(59)23(12-22-10-8-7-9-11-22)46-30(55)18-45-38(62)32(19(2)3)49-36(60)24(13-26(41)51)47-29(54)17-43-27(52)15-42-28(53)16-44-34(58)21(5)40/h7-11,19-21,23-25,32-33H,6,12-18,40H2,1-5H3,(H2,41,51)(H,42,53)(H,43,52)(H,44,58)(H,45,62)(H,46,55)(H,47,54)(H,48,59)(H,49,60)(H,50,61)(H,56,57)(H,63,64)/t20-,21-,23-,24-,25-,32-,33-/m0/s1. The molecule has 0 aliphatic carbocycles. The van der Waals surface area contributed by atoms with Gasteiger partial charge in [-0.05, 0) is 24.3 Å². The highest BCUT2D eigenvalue weighted by Gasteiger charge is 2.34. The zero-order valence-corrected chi connectivity index (χ0v) is 36.1. The largest absolute Gasteiger partial charge is 0.481 e. The summed E-state index contributed by atoms with van der Waals surface area (Å²) in [5.41, 5.74) is 11.2. The zero-order valence-electron chi connectivity index (χ0n) is 36.1. The Labute approximate surface area is 368 Å². The van der Waals surface area contributed by atoms with E-state index in [1.807, 2.05) is 0 Å². The van der Waals surface area contributed by atoms with E-state index >= 15 is 0 Å². The minimum absolute atomic E-state index is 0.174. The number of carboxylic acid groups (broad SMARTS) is 2. The molecule has 0 aliphatic heterocycles. The minimum atomic E-state index is -1.75. The molecule has 10 amide bonds. The SMILES string of the molecule is CC[C@H](C)[C@H](NC(=O)[C@H](CC(=O)O)NC(=O)[C@H](Cc1ccccc1)NC(=O)CNC(=O)[C@@H](NC(=O)[C@H](CC(N)=O)NC(=O)CNC(=O)CNC(=O)CNC(=O)[C@H](C)N)C(C)C)C(=O)O. The molecule has 15 N–H and O–H groups in total. The Balaban J connectivity index is 3.02. The molecule has 0 aromatic heterocycles. The fraction of sp³-hybridized carbons (Fsp3) is 0.538. The Morgan fingerprint density at radius 2 is 1.00 bits per heavy atom. The average Bonchev–Trinajstić information content (AvgIpc) is 3.22. The summed E-state index contributed by atoms with van der Waals surface area (Å²) in [5.74, 6) is -13.2. The van der Waals surface area contributed by atoms with Crippen molar-refractivity contribution in [1.29, 1.82) is 0 Å². The molecule has 25 nitrogen and oxygen atoms in total. The number of primary amides is 1. The van der Waals surface area contributed by atoms with Crippen LogP contribution in [-0.2, 0) is 64.0 Å². The summed E-state index contributed by atoms with van der Waals surface area (Å²) < 4.78 is 0. The molecule has 0 unspecified atom stereocenters. The minimum Gasteiger partial charge on any atom is -0.481 e. The van der Waals surface area contributed by atoms with Crippen LogP contribution in [0.2, 0.25) is 0 Å². The van der Waals surface area contributed by atoms with E-state index in [1.54, 1.807) is 44.2 Å². The van der Waals surface area contributed by atoms with Gasteiger partial charge in [-0.15, -0.1) is 0 Å². The van der Waals surface area contributed by atoms with Crippen LogP contribution >= 0.6 is 0 Å². The average molecular weight is 906 g/mol. The van der Waals surface area contributed by atoms with E-state index in [-0.39, 0.29) is 6.42 Å². The molecular formula is C39H59N11O14. The first-order valence-electron chi connectivity index (χ1n) is 20.1. The molecule has 0 spiro atoms. The molecule has 0 fully saturated rings. The van der Waals surface area contributed by atoms with Crippen molar-refractivity contribution >= 4 is 71.0 Å². The van der Waals surface area contributed by atoms with Gasteiger partial charge in [0.1, 0.15) is 30.2 Å². The second-order valence-electron chi connectivity index (χ2n) is 15.0. The van der Waals surface area contributed by atoms with E-state index in [1.165, 1.54) is 20.8 Å². The monoisotopic (exact) mass is 905 g/mol. The van der Waals surface area contributed by atoms with Crippen molar-refractivity contribution in [2.45, 2.75) is 96.6 Å². The number of benzene rings is 1. The van der Waals surface area contributed by atoms with Gasteiger partial charge in [0.05, 0.1) is 45.1 Å². The van der Waals surface area contributed by atoms with E-state index in [4.69, 9.17) is 11.5 Å². The van der Waals surface area contributed by atoms with Crippen molar-refractivity contribution in [2.75, 3.05) is 26.2 Å². The van der Waals surface area contributed by atoms with Gasteiger partial charge in [-0.2, -0.15) is 0 Å². The van der Waals surface area contributed by atoms with Crippen molar-refractivity contribution in [3.63, 3.8) is 0 Å². The van der Waals surface area contributed by atoms with Crippen LogP contribution in [0.25, 0.3) is 0 Å². The van der Waals surface area contributed by atoms with Crippen molar-refractivity contribution in [1.82, 2.24) is 47.9 Å². The number of rotatable bonds is 28. The quantitative estimate of drug-likeness (QED) is 0.0373. The maximum Gasteiger partial charge on any atom is 0.326 e. The number of aliphatic carboxylic acids is 2. The van der Waals surface area contributed by atoms with Gasteiger partial charge in [-0.1, -0.05) is 64.4 Å². The van der Waals surface area contributed by atoms with Gasteiger partial charge in [0.25, 0.3) is 0 Å². The number of carbonyl (C=O) groups excluding carboxylic acids is 10. The van der Waals surface area contributed by atoms with Gasteiger partial charge in [-0.3, -0.25) is 52.7 Å². The fourth-order valence-electron chi connectivity index (χ4n) is 5.43. The van der Waals surface area contributed by atoms with Gasteiger partial charge in [0.15, 0.2) is 0 Å². The normalized spacial score (nSPS) is 14.0. The van der Waals surface area contributed by atoms with E-state index in [9.17, 15) is 67.7 Å². The Bertz CT molecular complexity index is 1860. The molecule has 1 aromatic carbocycles. The summed E-state index contributed by atoms with van der Waals surface area (Å²) in [6.45, 7) is 5.16. The number of nitrogens with one attached hydrogen (secondary N) is 9. The van der Waals surface area contributed by atoms with Crippen molar-refractivity contribution in [2.24, 2.45) is 23.3 Å². The lowest BCUT2D eigenvalue weighted by Crippen LogP contribution is -2.59. The first-order valence-corrected chi connectivity index (χ1v) is 20.1. The number of nitrogens with two attached hydrogens (primary N) is 2. The van der Waals surface area contributed by atoms with Crippen molar-refractivity contribution in [3.05, 3.63) is 35.9 Å². The number of amides is 10. The zero-order chi connectivity index (χ0) is 48.7. The summed E-state index contributed by atoms with van der Waals surface area (Å²) in [6, 6.07) is -0.262. The first kappa shape index (κ1) is 54.8. The van der Waals surface area contributed by atoms with Gasteiger partial charge >= 0.3 is 11.9 Å². The molecule has 25 heteroatoms. The molecule has 7 atom stereocenters. The summed E-state index contributed by atoms with van der Waals surface area (Å²) in [7, 11) is 0. The Morgan fingerprint density at radius 1 is 0.547 bits per heavy atom. The Kier molecular flexibility index (Phi) is 23.7. The van der Waals surface area contributed by atoms with Crippen LogP contribution in [-0.4, -0.2) is 144 Å². The molecule has 0 radical (unpaired) electrons. The molecule has 0 saturated carbocycles. The van der Waals surface area contributed by atoms with Crippen molar-refractivity contribution in [3.8, 4) is 0 Å². The van der Waals surface area contributed by atoms with Crippen molar-refractivity contribution < 1.29 is 67.7 Å². The van der Waals surface area contributed by atoms with Gasteiger partial charge in [-0.25, -0.2) is 4.79 Å². The third-order valence-corrected chi connectivity index (χ3v) is 9.18. The lowest BCUT2D eigenvalue weighted by molar-refractivity contribution is -0.144. The van der Waals surface area contributed by atoms with Gasteiger partial charge in [0, 0.05) is 6.42 Å². The molecule has 0 saturated heterocycles. The van der Waals surface area contributed by atoms with E-state index < -0.39 is 158 Å². The highest BCUT2D eigenvalue weighted by molar-refractivity contribution is 5.98. The number of hydrogen-bond donors (Lipinski definition) is 13. The molecule has 0 aliphatic rings. The number of carboxylic acids is 2. The summed E-state index contributed by atoms with van der Waals surface area (Å²) in [4.78, 5) is 150. The maximum absolute atomic E-state index is 13.6. The van der Waals surface area contributed by atoms with E-state index in [2.05, 4.69) is 47.9 Å².